The molecule has 2 N–H and O–H groups in total. The van der Waals surface area contributed by atoms with Gasteiger partial charge in [0.2, 0.25) is 0 Å². The predicted octanol–water partition coefficient (Wildman–Crippen LogP) is 5.11. The lowest BCUT2D eigenvalue weighted by Crippen LogP contribution is -2.35. The van der Waals surface area contributed by atoms with Crippen molar-refractivity contribution in [3.8, 4) is 5.69 Å². The molecule has 6 heteroatoms. The Morgan fingerprint density at radius 2 is 1.85 bits per heavy atom. The van der Waals surface area contributed by atoms with Crippen LogP contribution in [0.2, 0.25) is 0 Å². The Balaban J connectivity index is 1.28. The summed E-state index contributed by atoms with van der Waals surface area (Å²) in [7, 11) is 0. The molecule has 0 bridgehead atoms. The van der Waals surface area contributed by atoms with E-state index in [9.17, 15) is 4.79 Å². The van der Waals surface area contributed by atoms with E-state index in [4.69, 9.17) is 9.72 Å². The van der Waals surface area contributed by atoms with Gasteiger partial charge in [0.25, 0.3) is 0 Å². The third-order valence-electron chi connectivity index (χ3n) is 5.98. The summed E-state index contributed by atoms with van der Waals surface area (Å²) in [6, 6.07) is 26.4. The second-order valence-corrected chi connectivity index (χ2v) is 8.36. The standard InChI is InChI=1S/C27H28N4O2/c32-27(28-19-23-12-7-17-33-23)29-21-9-6-8-20(18-21)15-16-26-30-24-13-4-5-14-25(24)31(26)22-10-2-1-3-11-22/h1-6,8-11,13-14,18,23H,7,12,15-17,19H2,(H2,28,29,32)/t23-/m1/s1. The number of fused-ring (bicyclic) bond motifs is 1. The molecule has 4 aromatic rings. The van der Waals surface area contributed by atoms with Crippen molar-refractivity contribution in [1.29, 1.82) is 0 Å². The first-order chi connectivity index (χ1) is 16.3. The molecule has 0 aliphatic carbocycles. The van der Waals surface area contributed by atoms with Crippen LogP contribution >= 0.6 is 0 Å². The third kappa shape index (κ3) is 5.07. The number of carbonyl (C=O) groups excluding carboxylic acids is 1. The van der Waals surface area contributed by atoms with Gasteiger partial charge in [-0.05, 0) is 61.2 Å². The van der Waals surface area contributed by atoms with Crippen molar-refractivity contribution >= 4 is 22.8 Å². The van der Waals surface area contributed by atoms with Crippen LogP contribution in [0.25, 0.3) is 16.7 Å². The lowest BCUT2D eigenvalue weighted by Gasteiger charge is -2.12. The molecule has 3 aromatic carbocycles. The largest absolute Gasteiger partial charge is 0.376 e. The van der Waals surface area contributed by atoms with Crippen LogP contribution in [0.3, 0.4) is 0 Å². The summed E-state index contributed by atoms with van der Waals surface area (Å²) in [6.07, 6.45) is 3.81. The molecule has 1 fully saturated rings. The second-order valence-electron chi connectivity index (χ2n) is 8.36. The van der Waals surface area contributed by atoms with Gasteiger partial charge < -0.3 is 15.4 Å². The van der Waals surface area contributed by atoms with Crippen LogP contribution in [0.15, 0.2) is 78.9 Å². The van der Waals surface area contributed by atoms with Gasteiger partial charge in [0, 0.05) is 30.9 Å². The molecule has 6 nitrogen and oxygen atoms in total. The van der Waals surface area contributed by atoms with Gasteiger partial charge in [-0.25, -0.2) is 9.78 Å². The first-order valence-corrected chi connectivity index (χ1v) is 11.5. The van der Waals surface area contributed by atoms with Crippen LogP contribution in [-0.4, -0.2) is 34.8 Å². The number of carbonyl (C=O) groups is 1. The van der Waals surface area contributed by atoms with Crippen molar-refractivity contribution in [2.24, 2.45) is 0 Å². The number of para-hydroxylation sites is 3. The van der Waals surface area contributed by atoms with Gasteiger partial charge in [-0.3, -0.25) is 4.57 Å². The first-order valence-electron chi connectivity index (χ1n) is 11.5. The average molecular weight is 441 g/mol. The normalized spacial score (nSPS) is 15.6. The highest BCUT2D eigenvalue weighted by Crippen LogP contribution is 2.23. The van der Waals surface area contributed by atoms with Crippen LogP contribution in [0.4, 0.5) is 10.5 Å². The van der Waals surface area contributed by atoms with E-state index in [1.165, 1.54) is 0 Å². The molecule has 33 heavy (non-hydrogen) atoms. The highest BCUT2D eigenvalue weighted by molar-refractivity contribution is 5.89. The molecule has 2 heterocycles. The van der Waals surface area contributed by atoms with E-state index < -0.39 is 0 Å². The van der Waals surface area contributed by atoms with Crippen LogP contribution in [0, 0.1) is 0 Å². The van der Waals surface area contributed by atoms with Gasteiger partial charge in [0.1, 0.15) is 5.82 Å². The van der Waals surface area contributed by atoms with E-state index in [0.717, 1.165) is 66.1 Å². The fourth-order valence-electron chi connectivity index (χ4n) is 4.36. The number of hydrogen-bond donors (Lipinski definition) is 2. The molecule has 1 saturated heterocycles. The quantitative estimate of drug-likeness (QED) is 0.420. The molecule has 0 saturated carbocycles. The maximum atomic E-state index is 12.3. The van der Waals surface area contributed by atoms with Crippen molar-refractivity contribution in [3.05, 3.63) is 90.3 Å². The summed E-state index contributed by atoms with van der Waals surface area (Å²) < 4.78 is 7.79. The molecule has 0 radical (unpaired) electrons. The number of urea groups is 1. The van der Waals surface area contributed by atoms with E-state index in [0.29, 0.717) is 6.54 Å². The maximum Gasteiger partial charge on any atom is 0.319 e. The summed E-state index contributed by atoms with van der Waals surface area (Å²) >= 11 is 0. The van der Waals surface area contributed by atoms with Gasteiger partial charge in [-0.1, -0.05) is 42.5 Å². The fraction of sp³-hybridized carbons (Fsp3) is 0.259. The lowest BCUT2D eigenvalue weighted by molar-refractivity contribution is 0.112. The molecule has 2 amide bonds. The molecule has 1 atom stereocenters. The average Bonchev–Trinajstić information content (AvgIpc) is 3.50. The number of hydrogen-bond acceptors (Lipinski definition) is 3. The molecular weight excluding hydrogens is 412 g/mol. The Bertz CT molecular complexity index is 1230. The van der Waals surface area contributed by atoms with Crippen LogP contribution in [-0.2, 0) is 17.6 Å². The van der Waals surface area contributed by atoms with Crippen molar-refractivity contribution in [2.75, 3.05) is 18.5 Å². The zero-order chi connectivity index (χ0) is 22.5. The summed E-state index contributed by atoms with van der Waals surface area (Å²) in [5, 5.41) is 5.84. The molecule has 1 aromatic heterocycles. The van der Waals surface area contributed by atoms with E-state index >= 15 is 0 Å². The lowest BCUT2D eigenvalue weighted by atomic mass is 10.1. The monoisotopic (exact) mass is 440 g/mol. The molecule has 0 spiro atoms. The molecule has 1 aliphatic heterocycles. The van der Waals surface area contributed by atoms with Crippen molar-refractivity contribution < 1.29 is 9.53 Å². The fourth-order valence-corrected chi connectivity index (χ4v) is 4.36. The van der Waals surface area contributed by atoms with Crippen LogP contribution < -0.4 is 10.6 Å². The number of aryl methyl sites for hydroxylation is 2. The number of anilines is 1. The van der Waals surface area contributed by atoms with E-state index in [-0.39, 0.29) is 12.1 Å². The summed E-state index contributed by atoms with van der Waals surface area (Å²) in [5.74, 6) is 1.02. The van der Waals surface area contributed by atoms with Crippen molar-refractivity contribution in [1.82, 2.24) is 14.9 Å². The van der Waals surface area contributed by atoms with E-state index in [1.54, 1.807) is 0 Å². The van der Waals surface area contributed by atoms with Crippen LogP contribution in [0.1, 0.15) is 24.2 Å². The minimum Gasteiger partial charge on any atom is -0.376 e. The summed E-state index contributed by atoms with van der Waals surface area (Å²) in [4.78, 5) is 17.2. The van der Waals surface area contributed by atoms with Gasteiger partial charge in [-0.2, -0.15) is 0 Å². The van der Waals surface area contributed by atoms with Crippen molar-refractivity contribution in [2.45, 2.75) is 31.8 Å². The molecule has 0 unspecified atom stereocenters. The maximum absolute atomic E-state index is 12.3. The van der Waals surface area contributed by atoms with E-state index in [2.05, 4.69) is 45.5 Å². The van der Waals surface area contributed by atoms with Gasteiger partial charge >= 0.3 is 6.03 Å². The Morgan fingerprint density at radius 1 is 1.00 bits per heavy atom. The zero-order valence-corrected chi connectivity index (χ0v) is 18.5. The highest BCUT2D eigenvalue weighted by Gasteiger charge is 2.16. The highest BCUT2D eigenvalue weighted by atomic mass is 16.5. The SMILES string of the molecule is O=C(NC[C@H]1CCCO1)Nc1cccc(CCc2nc3ccccc3n2-c2ccccc2)c1. The molecule has 5 rings (SSSR count). The molecular formula is C27H28N4O2. The van der Waals surface area contributed by atoms with Gasteiger partial charge in [0.15, 0.2) is 0 Å². The number of rotatable bonds is 7. The number of amides is 2. The Labute approximate surface area is 193 Å². The number of benzene rings is 3. The first kappa shape index (κ1) is 21.2. The molecule has 1 aliphatic rings. The van der Waals surface area contributed by atoms with Gasteiger partial charge in [-0.15, -0.1) is 0 Å². The number of ether oxygens (including phenoxy) is 1. The second kappa shape index (κ2) is 9.88. The number of imidazole rings is 1. The Morgan fingerprint density at radius 3 is 2.70 bits per heavy atom. The van der Waals surface area contributed by atoms with Crippen molar-refractivity contribution in [3.63, 3.8) is 0 Å². The van der Waals surface area contributed by atoms with E-state index in [1.807, 2.05) is 48.5 Å². The minimum absolute atomic E-state index is 0.131. The minimum atomic E-state index is -0.200. The topological polar surface area (TPSA) is 68.2 Å². The number of nitrogens with one attached hydrogen (secondary N) is 2. The van der Waals surface area contributed by atoms with Crippen LogP contribution in [0.5, 0.6) is 0 Å². The van der Waals surface area contributed by atoms with Gasteiger partial charge in [0.05, 0.1) is 17.1 Å². The zero-order valence-electron chi connectivity index (χ0n) is 18.5. The summed E-state index contributed by atoms with van der Waals surface area (Å²) in [6.45, 7) is 1.33. The molecule has 168 valence electrons. The predicted molar refractivity (Wildman–Crippen MR) is 131 cm³/mol. The Kier molecular flexibility index (Phi) is 6.35. The smallest absolute Gasteiger partial charge is 0.319 e. The number of nitrogens with zero attached hydrogens (tertiary/aromatic N) is 2. The Hall–Kier alpha value is -3.64. The number of aromatic nitrogens is 2. The third-order valence-corrected chi connectivity index (χ3v) is 5.98. The summed E-state index contributed by atoms with van der Waals surface area (Å²) in [5.41, 5.74) is 5.15.